The Bertz CT molecular complexity index is 266. The van der Waals surface area contributed by atoms with E-state index in [-0.39, 0.29) is 0 Å². The highest BCUT2D eigenvalue weighted by atomic mass is 16.4. The number of piperidine rings is 1. The number of nitrogens with one attached hydrogen (secondary N) is 1. The lowest BCUT2D eigenvalue weighted by Gasteiger charge is -2.38. The lowest BCUT2D eigenvalue weighted by atomic mass is 9.91. The number of likely N-dealkylation sites (tertiary alicyclic amines) is 1. The minimum absolute atomic E-state index is 0.327. The van der Waals surface area contributed by atoms with Gasteiger partial charge in [0.2, 0.25) is 0 Å². The summed E-state index contributed by atoms with van der Waals surface area (Å²) in [6, 6.07) is 1.24. The van der Waals surface area contributed by atoms with Crippen LogP contribution in [0.2, 0.25) is 0 Å². The van der Waals surface area contributed by atoms with Gasteiger partial charge in [0.25, 0.3) is 0 Å². The van der Waals surface area contributed by atoms with E-state index in [9.17, 15) is 4.79 Å². The Balaban J connectivity index is 1.86. The van der Waals surface area contributed by atoms with Gasteiger partial charge in [-0.2, -0.15) is 0 Å². The maximum Gasteiger partial charge on any atom is 0.303 e. The molecule has 0 aromatic heterocycles. The van der Waals surface area contributed by atoms with Gasteiger partial charge < -0.3 is 10.4 Å². The fourth-order valence-corrected chi connectivity index (χ4v) is 2.87. The maximum atomic E-state index is 10.8. The lowest BCUT2D eigenvalue weighted by molar-refractivity contribution is -0.138. The van der Waals surface area contributed by atoms with Gasteiger partial charge in [-0.25, -0.2) is 0 Å². The fraction of sp³-hybridized carbons (Fsp3) is 0.923. The number of carboxylic acids is 1. The predicted octanol–water partition coefficient (Wildman–Crippen LogP) is 1.31. The van der Waals surface area contributed by atoms with E-state index in [2.05, 4.69) is 17.1 Å². The Morgan fingerprint density at radius 1 is 1.41 bits per heavy atom. The zero-order valence-electron chi connectivity index (χ0n) is 10.7. The molecule has 4 nitrogen and oxygen atoms in total. The number of carboxylic acid groups (broad SMARTS) is 1. The molecule has 2 fully saturated rings. The molecule has 4 heteroatoms. The van der Waals surface area contributed by atoms with Crippen LogP contribution < -0.4 is 5.32 Å². The van der Waals surface area contributed by atoms with E-state index in [1.165, 1.54) is 12.8 Å². The summed E-state index contributed by atoms with van der Waals surface area (Å²) in [7, 11) is 0. The zero-order chi connectivity index (χ0) is 12.3. The van der Waals surface area contributed by atoms with Gasteiger partial charge >= 0.3 is 5.97 Å². The van der Waals surface area contributed by atoms with E-state index in [1.807, 2.05) is 0 Å². The molecule has 0 radical (unpaired) electrons. The largest absolute Gasteiger partial charge is 0.481 e. The van der Waals surface area contributed by atoms with Crippen molar-refractivity contribution in [1.82, 2.24) is 10.2 Å². The fourth-order valence-electron chi connectivity index (χ4n) is 2.87. The quantitative estimate of drug-likeness (QED) is 0.735. The normalized spacial score (nSPS) is 30.4. The summed E-state index contributed by atoms with van der Waals surface area (Å²) in [6.07, 6.45) is 5.10. The SMILES string of the molecule is CCCNC1CC(CC(=O)O)CN(C2CC2)C1. The van der Waals surface area contributed by atoms with Gasteiger partial charge in [-0.15, -0.1) is 0 Å². The number of aliphatic carboxylic acids is 1. The Morgan fingerprint density at radius 3 is 2.76 bits per heavy atom. The van der Waals surface area contributed by atoms with E-state index < -0.39 is 5.97 Å². The summed E-state index contributed by atoms with van der Waals surface area (Å²) in [5.41, 5.74) is 0. The summed E-state index contributed by atoms with van der Waals surface area (Å²) >= 11 is 0. The molecule has 1 aliphatic heterocycles. The van der Waals surface area contributed by atoms with Crippen molar-refractivity contribution in [2.45, 2.75) is 51.1 Å². The standard InChI is InChI=1S/C13H24N2O2/c1-2-5-14-11-6-10(7-13(16)17)8-15(9-11)12-3-4-12/h10-12,14H,2-9H2,1H3,(H,16,17). The molecule has 1 saturated carbocycles. The van der Waals surface area contributed by atoms with Crippen molar-refractivity contribution in [3.63, 3.8) is 0 Å². The van der Waals surface area contributed by atoms with Crippen LogP contribution in [0.3, 0.4) is 0 Å². The molecule has 2 aliphatic rings. The Hall–Kier alpha value is -0.610. The van der Waals surface area contributed by atoms with Gasteiger partial charge in [-0.05, 0) is 38.1 Å². The van der Waals surface area contributed by atoms with Crippen molar-refractivity contribution in [3.8, 4) is 0 Å². The molecule has 0 amide bonds. The Labute approximate surface area is 103 Å². The molecule has 17 heavy (non-hydrogen) atoms. The third-order valence-corrected chi connectivity index (χ3v) is 3.78. The van der Waals surface area contributed by atoms with Crippen LogP contribution >= 0.6 is 0 Å². The first-order chi connectivity index (χ1) is 8.19. The Morgan fingerprint density at radius 2 is 2.18 bits per heavy atom. The molecule has 2 unspecified atom stereocenters. The average molecular weight is 240 g/mol. The zero-order valence-corrected chi connectivity index (χ0v) is 10.7. The number of hydrogen-bond donors (Lipinski definition) is 2. The second-order valence-electron chi connectivity index (χ2n) is 5.54. The smallest absolute Gasteiger partial charge is 0.303 e. The second-order valence-corrected chi connectivity index (χ2v) is 5.54. The van der Waals surface area contributed by atoms with E-state index >= 15 is 0 Å². The van der Waals surface area contributed by atoms with Crippen LogP contribution in [-0.4, -0.2) is 47.7 Å². The van der Waals surface area contributed by atoms with Crippen LogP contribution in [0.5, 0.6) is 0 Å². The topological polar surface area (TPSA) is 52.6 Å². The highest BCUT2D eigenvalue weighted by Crippen LogP contribution is 2.32. The van der Waals surface area contributed by atoms with Crippen molar-refractivity contribution < 1.29 is 9.90 Å². The number of rotatable bonds is 6. The molecule has 0 aromatic rings. The molecule has 2 N–H and O–H groups in total. The molecule has 0 spiro atoms. The van der Waals surface area contributed by atoms with Gasteiger partial charge in [0.05, 0.1) is 0 Å². The van der Waals surface area contributed by atoms with Gasteiger partial charge in [0, 0.05) is 31.6 Å². The molecule has 0 bridgehead atoms. The third kappa shape index (κ3) is 3.96. The number of nitrogens with zero attached hydrogens (tertiary/aromatic N) is 1. The molecule has 2 rings (SSSR count). The van der Waals surface area contributed by atoms with Crippen LogP contribution in [0.4, 0.5) is 0 Å². The minimum atomic E-state index is -0.651. The number of carbonyl (C=O) groups is 1. The summed E-state index contributed by atoms with van der Waals surface area (Å²) in [5, 5.41) is 12.5. The second kappa shape index (κ2) is 5.83. The first kappa shape index (κ1) is 12.8. The highest BCUT2D eigenvalue weighted by Gasteiger charge is 2.36. The van der Waals surface area contributed by atoms with Crippen molar-refractivity contribution in [3.05, 3.63) is 0 Å². The van der Waals surface area contributed by atoms with E-state index in [0.29, 0.717) is 18.4 Å². The van der Waals surface area contributed by atoms with Gasteiger partial charge in [0.1, 0.15) is 0 Å². The maximum absolute atomic E-state index is 10.8. The highest BCUT2D eigenvalue weighted by molar-refractivity contribution is 5.67. The lowest BCUT2D eigenvalue weighted by Crippen LogP contribution is -2.50. The van der Waals surface area contributed by atoms with Crippen LogP contribution in [0, 0.1) is 5.92 Å². The molecular weight excluding hydrogens is 216 g/mol. The summed E-state index contributed by atoms with van der Waals surface area (Å²) < 4.78 is 0. The van der Waals surface area contributed by atoms with Gasteiger partial charge in [0.15, 0.2) is 0 Å². The van der Waals surface area contributed by atoms with Crippen LogP contribution in [-0.2, 0) is 4.79 Å². The number of hydrogen-bond acceptors (Lipinski definition) is 3. The van der Waals surface area contributed by atoms with Crippen molar-refractivity contribution in [1.29, 1.82) is 0 Å². The van der Waals surface area contributed by atoms with Gasteiger partial charge in [-0.1, -0.05) is 6.92 Å². The van der Waals surface area contributed by atoms with Crippen molar-refractivity contribution >= 4 is 5.97 Å². The van der Waals surface area contributed by atoms with E-state index in [4.69, 9.17) is 5.11 Å². The summed E-state index contributed by atoms with van der Waals surface area (Å²) in [5.74, 6) is -0.321. The third-order valence-electron chi connectivity index (χ3n) is 3.78. The monoisotopic (exact) mass is 240 g/mol. The van der Waals surface area contributed by atoms with E-state index in [0.717, 1.165) is 38.5 Å². The molecular formula is C13H24N2O2. The summed E-state index contributed by atoms with van der Waals surface area (Å²) in [6.45, 7) is 5.31. The minimum Gasteiger partial charge on any atom is -0.481 e. The van der Waals surface area contributed by atoms with Crippen LogP contribution in [0.25, 0.3) is 0 Å². The van der Waals surface area contributed by atoms with E-state index in [1.54, 1.807) is 0 Å². The first-order valence-electron chi connectivity index (χ1n) is 6.88. The molecule has 0 aromatic carbocycles. The molecule has 1 saturated heterocycles. The summed E-state index contributed by atoms with van der Waals surface area (Å²) in [4.78, 5) is 13.3. The molecule has 2 atom stereocenters. The molecule has 98 valence electrons. The van der Waals surface area contributed by atoms with Crippen LogP contribution in [0.1, 0.15) is 39.0 Å². The average Bonchev–Trinajstić information content (AvgIpc) is 3.08. The molecule has 1 aliphatic carbocycles. The van der Waals surface area contributed by atoms with Crippen molar-refractivity contribution in [2.24, 2.45) is 5.92 Å². The van der Waals surface area contributed by atoms with Crippen LogP contribution in [0.15, 0.2) is 0 Å². The molecule has 1 heterocycles. The van der Waals surface area contributed by atoms with Gasteiger partial charge in [-0.3, -0.25) is 9.69 Å². The van der Waals surface area contributed by atoms with Crippen molar-refractivity contribution in [2.75, 3.05) is 19.6 Å². The first-order valence-corrected chi connectivity index (χ1v) is 6.88. The Kier molecular flexibility index (Phi) is 4.40. The predicted molar refractivity (Wildman–Crippen MR) is 67.0 cm³/mol.